The SMILES string of the molecule is CCN(CC)Cc1cc(OC)c(OC)cc1CC1c2cc(OC)c(OC)cc2CCN1C. The van der Waals surface area contributed by atoms with Crippen LogP contribution in [0.5, 0.6) is 23.0 Å². The van der Waals surface area contributed by atoms with E-state index in [4.69, 9.17) is 18.9 Å². The molecule has 0 fully saturated rings. The molecule has 0 saturated carbocycles. The third-order valence-corrected chi connectivity index (χ3v) is 6.68. The number of benzene rings is 2. The van der Waals surface area contributed by atoms with Gasteiger partial charge in [0.15, 0.2) is 23.0 Å². The first kappa shape index (κ1) is 24.2. The van der Waals surface area contributed by atoms with Crippen molar-refractivity contribution in [2.75, 3.05) is 55.1 Å². The van der Waals surface area contributed by atoms with E-state index >= 15 is 0 Å². The van der Waals surface area contributed by atoms with Gasteiger partial charge >= 0.3 is 0 Å². The maximum absolute atomic E-state index is 5.65. The van der Waals surface area contributed by atoms with Crippen LogP contribution in [0.4, 0.5) is 0 Å². The van der Waals surface area contributed by atoms with Crippen LogP contribution < -0.4 is 18.9 Å². The largest absolute Gasteiger partial charge is 0.493 e. The van der Waals surface area contributed by atoms with Gasteiger partial charge in [0.05, 0.1) is 28.4 Å². The van der Waals surface area contributed by atoms with Gasteiger partial charge in [0.25, 0.3) is 0 Å². The predicted molar refractivity (Wildman–Crippen MR) is 128 cm³/mol. The average Bonchev–Trinajstić information content (AvgIpc) is 2.83. The molecule has 1 aliphatic heterocycles. The average molecular weight is 443 g/mol. The van der Waals surface area contributed by atoms with Gasteiger partial charge in [-0.15, -0.1) is 0 Å². The Labute approximate surface area is 193 Å². The quantitative estimate of drug-likeness (QED) is 0.546. The fourth-order valence-electron chi connectivity index (χ4n) is 4.62. The summed E-state index contributed by atoms with van der Waals surface area (Å²) in [5.74, 6) is 3.13. The molecule has 0 saturated heterocycles. The third-order valence-electron chi connectivity index (χ3n) is 6.68. The zero-order chi connectivity index (χ0) is 23.3. The summed E-state index contributed by atoms with van der Waals surface area (Å²) in [4.78, 5) is 4.86. The van der Waals surface area contributed by atoms with Crippen LogP contribution in [-0.2, 0) is 19.4 Å². The van der Waals surface area contributed by atoms with E-state index in [0.717, 1.165) is 62.0 Å². The lowest BCUT2D eigenvalue weighted by atomic mass is 9.87. The molecule has 1 heterocycles. The Morgan fingerprint density at radius 3 is 1.91 bits per heavy atom. The second-order valence-corrected chi connectivity index (χ2v) is 8.29. The van der Waals surface area contributed by atoms with E-state index in [1.165, 1.54) is 22.3 Å². The van der Waals surface area contributed by atoms with E-state index in [-0.39, 0.29) is 6.04 Å². The second kappa shape index (κ2) is 10.9. The second-order valence-electron chi connectivity index (χ2n) is 8.29. The first-order chi connectivity index (χ1) is 15.5. The summed E-state index contributed by atoms with van der Waals surface area (Å²) in [5.41, 5.74) is 5.21. The summed E-state index contributed by atoms with van der Waals surface area (Å²) in [5, 5.41) is 0. The van der Waals surface area contributed by atoms with Gasteiger partial charge in [0.1, 0.15) is 0 Å². The summed E-state index contributed by atoms with van der Waals surface area (Å²) in [6.07, 6.45) is 1.89. The summed E-state index contributed by atoms with van der Waals surface area (Å²) in [6.45, 7) is 8.31. The molecule has 0 aliphatic carbocycles. The minimum absolute atomic E-state index is 0.243. The van der Waals surface area contributed by atoms with Crippen molar-refractivity contribution in [2.45, 2.75) is 39.3 Å². The zero-order valence-corrected chi connectivity index (χ0v) is 20.7. The van der Waals surface area contributed by atoms with Crippen molar-refractivity contribution in [1.29, 1.82) is 0 Å². The molecule has 1 unspecified atom stereocenters. The van der Waals surface area contributed by atoms with E-state index in [9.17, 15) is 0 Å². The van der Waals surface area contributed by atoms with Crippen molar-refractivity contribution < 1.29 is 18.9 Å². The van der Waals surface area contributed by atoms with E-state index in [1.54, 1.807) is 28.4 Å². The van der Waals surface area contributed by atoms with E-state index in [0.29, 0.717) is 0 Å². The lowest BCUT2D eigenvalue weighted by Gasteiger charge is -2.36. The molecule has 32 heavy (non-hydrogen) atoms. The number of hydrogen-bond donors (Lipinski definition) is 0. The molecular weight excluding hydrogens is 404 g/mol. The van der Waals surface area contributed by atoms with Crippen molar-refractivity contribution in [2.24, 2.45) is 0 Å². The minimum atomic E-state index is 0.243. The molecule has 0 radical (unpaired) electrons. The van der Waals surface area contributed by atoms with E-state index in [1.807, 2.05) is 0 Å². The van der Waals surface area contributed by atoms with Gasteiger partial charge in [-0.1, -0.05) is 13.8 Å². The number of likely N-dealkylation sites (N-methyl/N-ethyl adjacent to an activating group) is 1. The lowest BCUT2D eigenvalue weighted by molar-refractivity contribution is 0.226. The summed E-state index contributed by atoms with van der Waals surface area (Å²) >= 11 is 0. The maximum atomic E-state index is 5.65. The van der Waals surface area contributed by atoms with Crippen LogP contribution in [0.2, 0.25) is 0 Å². The summed E-state index contributed by atoms with van der Waals surface area (Å²) in [7, 11) is 8.99. The number of fused-ring (bicyclic) bond motifs is 1. The molecule has 1 aliphatic rings. The standard InChI is InChI=1S/C26H38N2O4/c1-8-28(9-2)17-20-15-25(31-6)24(30-5)14-19(20)12-22-21-16-26(32-7)23(29-4)13-18(21)10-11-27(22)3/h13-16,22H,8-12,17H2,1-7H3. The molecule has 0 bridgehead atoms. The van der Waals surface area contributed by atoms with Crippen molar-refractivity contribution in [3.63, 3.8) is 0 Å². The Hall–Kier alpha value is -2.44. The number of ether oxygens (including phenoxy) is 4. The summed E-state index contributed by atoms with van der Waals surface area (Å²) in [6, 6.07) is 8.83. The highest BCUT2D eigenvalue weighted by molar-refractivity contribution is 5.51. The van der Waals surface area contributed by atoms with Crippen LogP contribution in [0.25, 0.3) is 0 Å². The van der Waals surface area contributed by atoms with Crippen molar-refractivity contribution >= 4 is 0 Å². The monoisotopic (exact) mass is 442 g/mol. The Kier molecular flexibility index (Phi) is 8.26. The molecule has 0 N–H and O–H groups in total. The Bertz CT molecular complexity index is 911. The number of hydrogen-bond acceptors (Lipinski definition) is 6. The molecule has 0 spiro atoms. The van der Waals surface area contributed by atoms with Crippen molar-refractivity contribution in [1.82, 2.24) is 9.80 Å². The lowest BCUT2D eigenvalue weighted by Crippen LogP contribution is -2.34. The van der Waals surface area contributed by atoms with Crippen LogP contribution in [0.15, 0.2) is 24.3 Å². The highest BCUT2D eigenvalue weighted by Crippen LogP contribution is 2.40. The summed E-state index contributed by atoms with van der Waals surface area (Å²) < 4.78 is 22.4. The molecule has 1 atom stereocenters. The van der Waals surface area contributed by atoms with E-state index in [2.05, 4.69) is 55.0 Å². The molecule has 2 aromatic rings. The van der Waals surface area contributed by atoms with Crippen LogP contribution in [-0.4, -0.2) is 64.9 Å². The third kappa shape index (κ3) is 4.97. The van der Waals surface area contributed by atoms with Crippen LogP contribution in [0.1, 0.15) is 42.1 Å². The first-order valence-electron chi connectivity index (χ1n) is 11.4. The molecule has 3 rings (SSSR count). The molecule has 0 amide bonds. The molecular formula is C26H38N2O4. The molecule has 6 heteroatoms. The molecule has 6 nitrogen and oxygen atoms in total. The highest BCUT2D eigenvalue weighted by Gasteiger charge is 2.28. The molecule has 0 aromatic heterocycles. The predicted octanol–water partition coefficient (Wildman–Crippen LogP) is 4.33. The molecule has 176 valence electrons. The van der Waals surface area contributed by atoms with Gasteiger partial charge in [-0.2, -0.15) is 0 Å². The fourth-order valence-corrected chi connectivity index (χ4v) is 4.62. The zero-order valence-electron chi connectivity index (χ0n) is 20.7. The number of rotatable bonds is 10. The maximum Gasteiger partial charge on any atom is 0.161 e. The Balaban J connectivity index is 2.05. The van der Waals surface area contributed by atoms with Crippen LogP contribution in [0.3, 0.4) is 0 Å². The van der Waals surface area contributed by atoms with Gasteiger partial charge in [-0.3, -0.25) is 9.80 Å². The normalized spacial score (nSPS) is 16.1. The Morgan fingerprint density at radius 1 is 0.812 bits per heavy atom. The first-order valence-corrected chi connectivity index (χ1v) is 11.4. The topological polar surface area (TPSA) is 43.4 Å². The number of methoxy groups -OCH3 is 4. The molecule has 2 aromatic carbocycles. The van der Waals surface area contributed by atoms with Gasteiger partial charge in [-0.25, -0.2) is 0 Å². The smallest absolute Gasteiger partial charge is 0.161 e. The van der Waals surface area contributed by atoms with Gasteiger partial charge in [0, 0.05) is 19.1 Å². The van der Waals surface area contributed by atoms with E-state index < -0.39 is 0 Å². The van der Waals surface area contributed by atoms with Gasteiger partial charge in [-0.05, 0) is 79.5 Å². The van der Waals surface area contributed by atoms with Gasteiger partial charge in [0.2, 0.25) is 0 Å². The van der Waals surface area contributed by atoms with Crippen molar-refractivity contribution in [3.05, 3.63) is 46.5 Å². The van der Waals surface area contributed by atoms with Crippen LogP contribution in [0, 0.1) is 0 Å². The number of nitrogens with zero attached hydrogens (tertiary/aromatic N) is 2. The fraction of sp³-hybridized carbons (Fsp3) is 0.538. The Morgan fingerprint density at radius 2 is 1.34 bits per heavy atom. The van der Waals surface area contributed by atoms with Crippen LogP contribution >= 0.6 is 0 Å². The van der Waals surface area contributed by atoms with Crippen molar-refractivity contribution in [3.8, 4) is 23.0 Å². The highest BCUT2D eigenvalue weighted by atomic mass is 16.5. The van der Waals surface area contributed by atoms with Gasteiger partial charge < -0.3 is 18.9 Å². The minimum Gasteiger partial charge on any atom is -0.493 e.